The SMILES string of the molecule is CNC(=O)C1CCN(C(=O)NCc2ncc(-c3ccccc3)o2)CC1. The van der Waals surface area contributed by atoms with E-state index >= 15 is 0 Å². The molecule has 7 heteroatoms. The Hall–Kier alpha value is -2.83. The van der Waals surface area contributed by atoms with E-state index in [0.29, 0.717) is 37.6 Å². The van der Waals surface area contributed by atoms with Crippen LogP contribution in [0.15, 0.2) is 40.9 Å². The van der Waals surface area contributed by atoms with Crippen LogP contribution >= 0.6 is 0 Å². The van der Waals surface area contributed by atoms with Crippen LogP contribution in [0.1, 0.15) is 18.7 Å². The molecule has 0 saturated carbocycles. The Morgan fingerprint density at radius 1 is 1.24 bits per heavy atom. The van der Waals surface area contributed by atoms with Gasteiger partial charge < -0.3 is 20.0 Å². The van der Waals surface area contributed by atoms with Gasteiger partial charge in [-0.1, -0.05) is 30.3 Å². The van der Waals surface area contributed by atoms with Crippen molar-refractivity contribution in [3.63, 3.8) is 0 Å². The standard InChI is InChI=1S/C18H22N4O3/c1-19-17(23)14-7-9-22(10-8-14)18(24)21-12-16-20-11-15(25-16)13-5-3-2-4-6-13/h2-6,11,14H,7-10,12H2,1H3,(H,19,23)(H,21,24). The van der Waals surface area contributed by atoms with Crippen LogP contribution in [0, 0.1) is 5.92 Å². The lowest BCUT2D eigenvalue weighted by atomic mass is 9.96. The molecule has 2 heterocycles. The molecule has 1 aromatic heterocycles. The fourth-order valence-corrected chi connectivity index (χ4v) is 2.94. The predicted molar refractivity (Wildman–Crippen MR) is 92.5 cm³/mol. The zero-order valence-corrected chi connectivity index (χ0v) is 14.2. The number of likely N-dealkylation sites (tertiary alicyclic amines) is 1. The molecular weight excluding hydrogens is 320 g/mol. The molecule has 1 fully saturated rings. The monoisotopic (exact) mass is 342 g/mol. The van der Waals surface area contributed by atoms with Crippen LogP contribution in [0.25, 0.3) is 11.3 Å². The molecule has 1 saturated heterocycles. The van der Waals surface area contributed by atoms with Crippen molar-refractivity contribution in [2.75, 3.05) is 20.1 Å². The van der Waals surface area contributed by atoms with Crippen molar-refractivity contribution < 1.29 is 14.0 Å². The van der Waals surface area contributed by atoms with E-state index in [9.17, 15) is 9.59 Å². The molecule has 1 aromatic carbocycles. The Morgan fingerprint density at radius 3 is 2.64 bits per heavy atom. The lowest BCUT2D eigenvalue weighted by Gasteiger charge is -2.30. The molecule has 3 rings (SSSR count). The molecule has 0 spiro atoms. The molecule has 0 radical (unpaired) electrons. The number of aromatic nitrogens is 1. The summed E-state index contributed by atoms with van der Waals surface area (Å²) in [5, 5.41) is 5.48. The van der Waals surface area contributed by atoms with Crippen molar-refractivity contribution in [1.29, 1.82) is 0 Å². The summed E-state index contributed by atoms with van der Waals surface area (Å²) in [5.74, 6) is 1.19. The van der Waals surface area contributed by atoms with Gasteiger partial charge in [0, 0.05) is 31.6 Å². The van der Waals surface area contributed by atoms with Gasteiger partial charge in [-0.3, -0.25) is 4.79 Å². The molecule has 0 bridgehead atoms. The predicted octanol–water partition coefficient (Wildman–Crippen LogP) is 2.01. The summed E-state index contributed by atoms with van der Waals surface area (Å²) in [6, 6.07) is 9.53. The van der Waals surface area contributed by atoms with Gasteiger partial charge in [0.1, 0.15) is 0 Å². The molecule has 25 heavy (non-hydrogen) atoms. The van der Waals surface area contributed by atoms with Gasteiger partial charge in [0.15, 0.2) is 5.76 Å². The lowest BCUT2D eigenvalue weighted by molar-refractivity contribution is -0.125. The number of benzene rings is 1. The van der Waals surface area contributed by atoms with Gasteiger partial charge in [0.2, 0.25) is 11.8 Å². The first-order chi connectivity index (χ1) is 12.2. The summed E-state index contributed by atoms with van der Waals surface area (Å²) in [5.41, 5.74) is 0.948. The minimum Gasteiger partial charge on any atom is -0.439 e. The Balaban J connectivity index is 1.49. The van der Waals surface area contributed by atoms with E-state index in [2.05, 4.69) is 15.6 Å². The quantitative estimate of drug-likeness (QED) is 0.890. The van der Waals surface area contributed by atoms with E-state index in [4.69, 9.17) is 4.42 Å². The van der Waals surface area contributed by atoms with E-state index in [1.807, 2.05) is 30.3 Å². The van der Waals surface area contributed by atoms with E-state index in [1.165, 1.54) is 0 Å². The highest BCUT2D eigenvalue weighted by molar-refractivity contribution is 5.79. The smallest absolute Gasteiger partial charge is 0.317 e. The third kappa shape index (κ3) is 4.17. The number of piperidine rings is 1. The Morgan fingerprint density at radius 2 is 1.96 bits per heavy atom. The number of oxazole rings is 1. The number of amides is 3. The molecule has 0 unspecified atom stereocenters. The highest BCUT2D eigenvalue weighted by Crippen LogP contribution is 2.20. The highest BCUT2D eigenvalue weighted by Gasteiger charge is 2.26. The second kappa shape index (κ2) is 7.83. The van der Waals surface area contributed by atoms with E-state index < -0.39 is 0 Å². The van der Waals surface area contributed by atoms with Gasteiger partial charge in [0.25, 0.3) is 0 Å². The molecular formula is C18H22N4O3. The number of hydrogen-bond acceptors (Lipinski definition) is 4. The van der Waals surface area contributed by atoms with Gasteiger partial charge in [0.05, 0.1) is 12.7 Å². The fourth-order valence-electron chi connectivity index (χ4n) is 2.94. The summed E-state index contributed by atoms with van der Waals surface area (Å²) in [7, 11) is 1.64. The summed E-state index contributed by atoms with van der Waals surface area (Å²) < 4.78 is 5.67. The van der Waals surface area contributed by atoms with E-state index in [-0.39, 0.29) is 24.4 Å². The van der Waals surface area contributed by atoms with Crippen molar-refractivity contribution in [3.05, 3.63) is 42.4 Å². The van der Waals surface area contributed by atoms with E-state index in [0.717, 1.165) is 5.56 Å². The Labute approximate surface area is 146 Å². The molecule has 3 amide bonds. The van der Waals surface area contributed by atoms with Gasteiger partial charge in [-0.2, -0.15) is 0 Å². The Bertz CT molecular complexity index is 721. The van der Waals surface area contributed by atoms with Crippen LogP contribution in [0.2, 0.25) is 0 Å². The average Bonchev–Trinajstić information content (AvgIpc) is 3.15. The lowest BCUT2D eigenvalue weighted by Crippen LogP contribution is -2.46. The topological polar surface area (TPSA) is 87.5 Å². The number of urea groups is 1. The maximum absolute atomic E-state index is 12.2. The number of carbonyl (C=O) groups is 2. The summed E-state index contributed by atoms with van der Waals surface area (Å²) in [6.07, 6.45) is 3.03. The van der Waals surface area contributed by atoms with Crippen LogP contribution in [0.4, 0.5) is 4.79 Å². The summed E-state index contributed by atoms with van der Waals surface area (Å²) in [6.45, 7) is 1.39. The molecule has 7 nitrogen and oxygen atoms in total. The van der Waals surface area contributed by atoms with Crippen molar-refractivity contribution in [2.24, 2.45) is 5.92 Å². The largest absolute Gasteiger partial charge is 0.439 e. The first-order valence-electron chi connectivity index (χ1n) is 8.42. The van der Waals surface area contributed by atoms with Crippen LogP contribution < -0.4 is 10.6 Å². The maximum atomic E-state index is 12.2. The highest BCUT2D eigenvalue weighted by atomic mass is 16.4. The number of carbonyl (C=O) groups excluding carboxylic acids is 2. The van der Waals surface area contributed by atoms with Gasteiger partial charge in [-0.05, 0) is 12.8 Å². The number of nitrogens with one attached hydrogen (secondary N) is 2. The van der Waals surface area contributed by atoms with Crippen LogP contribution in [-0.2, 0) is 11.3 Å². The molecule has 2 N–H and O–H groups in total. The van der Waals surface area contributed by atoms with Crippen molar-refractivity contribution in [2.45, 2.75) is 19.4 Å². The minimum atomic E-state index is -0.158. The molecule has 0 aliphatic carbocycles. The third-order valence-electron chi connectivity index (χ3n) is 4.40. The van der Waals surface area contributed by atoms with Crippen LogP contribution in [0.3, 0.4) is 0 Å². The average molecular weight is 342 g/mol. The molecule has 0 atom stereocenters. The zero-order valence-electron chi connectivity index (χ0n) is 14.2. The van der Waals surface area contributed by atoms with Gasteiger partial charge in [-0.25, -0.2) is 9.78 Å². The minimum absolute atomic E-state index is 0.00535. The Kier molecular flexibility index (Phi) is 5.33. The van der Waals surface area contributed by atoms with E-state index in [1.54, 1.807) is 18.1 Å². The summed E-state index contributed by atoms with van der Waals surface area (Å²) >= 11 is 0. The maximum Gasteiger partial charge on any atom is 0.317 e. The first kappa shape index (κ1) is 17.0. The van der Waals surface area contributed by atoms with Gasteiger partial charge in [-0.15, -0.1) is 0 Å². The van der Waals surface area contributed by atoms with Crippen molar-refractivity contribution >= 4 is 11.9 Å². The van der Waals surface area contributed by atoms with Crippen molar-refractivity contribution in [3.8, 4) is 11.3 Å². The van der Waals surface area contributed by atoms with Crippen LogP contribution in [-0.4, -0.2) is 42.0 Å². The molecule has 2 aromatic rings. The second-order valence-electron chi connectivity index (χ2n) is 6.02. The zero-order chi connectivity index (χ0) is 17.6. The summed E-state index contributed by atoms with van der Waals surface area (Å²) in [4.78, 5) is 29.8. The molecule has 132 valence electrons. The molecule has 1 aliphatic heterocycles. The second-order valence-corrected chi connectivity index (χ2v) is 6.02. The number of hydrogen-bond donors (Lipinski definition) is 2. The first-order valence-corrected chi connectivity index (χ1v) is 8.42. The fraction of sp³-hybridized carbons (Fsp3) is 0.389. The normalized spacial score (nSPS) is 15.0. The number of rotatable bonds is 4. The molecule has 1 aliphatic rings. The van der Waals surface area contributed by atoms with Crippen LogP contribution in [0.5, 0.6) is 0 Å². The number of nitrogens with zero attached hydrogens (tertiary/aromatic N) is 2. The van der Waals surface area contributed by atoms with Crippen molar-refractivity contribution in [1.82, 2.24) is 20.5 Å². The van der Waals surface area contributed by atoms with Gasteiger partial charge >= 0.3 is 6.03 Å². The third-order valence-corrected chi connectivity index (χ3v) is 4.40.